The van der Waals surface area contributed by atoms with E-state index in [1.165, 1.54) is 23.1 Å². The van der Waals surface area contributed by atoms with Crippen LogP contribution in [-0.2, 0) is 25.7 Å². The van der Waals surface area contributed by atoms with Gasteiger partial charge in [-0.2, -0.15) is 0 Å². The summed E-state index contributed by atoms with van der Waals surface area (Å²) in [5.41, 5.74) is 0.633. The summed E-state index contributed by atoms with van der Waals surface area (Å²) in [6.07, 6.45) is -0.746. The molecule has 2 aromatic rings. The van der Waals surface area contributed by atoms with Crippen LogP contribution in [-0.4, -0.2) is 41.1 Å². The zero-order valence-electron chi connectivity index (χ0n) is 19.9. The number of carbonyl (C=O) groups is 3. The van der Waals surface area contributed by atoms with Crippen LogP contribution in [0.2, 0.25) is 0 Å². The minimum Gasteiger partial charge on any atom is -0.464 e. The molecule has 1 aliphatic heterocycles. The van der Waals surface area contributed by atoms with Crippen LogP contribution in [0.3, 0.4) is 0 Å². The van der Waals surface area contributed by atoms with E-state index in [1.54, 1.807) is 13.0 Å². The molecule has 7 nitrogen and oxygen atoms in total. The van der Waals surface area contributed by atoms with Crippen LogP contribution in [0.25, 0.3) is 0 Å². The lowest BCUT2D eigenvalue weighted by Gasteiger charge is -2.31. The Balaban J connectivity index is 1.99. The molecule has 0 radical (unpaired) electrons. The molecular weight excluding hydrogens is 439 g/mol. The zero-order chi connectivity index (χ0) is 24.9. The van der Waals surface area contributed by atoms with E-state index in [0.717, 1.165) is 5.56 Å². The molecule has 1 aliphatic rings. The van der Waals surface area contributed by atoms with Gasteiger partial charge in [-0.1, -0.05) is 42.5 Å². The molecule has 3 atom stereocenters. The maximum Gasteiger partial charge on any atom is 0.411 e. The highest BCUT2D eigenvalue weighted by Gasteiger charge is 2.52. The lowest BCUT2D eigenvalue weighted by Crippen LogP contribution is -2.46. The predicted octanol–water partition coefficient (Wildman–Crippen LogP) is 4.37. The zero-order valence-corrected chi connectivity index (χ0v) is 19.9. The maximum atomic E-state index is 14.2. The van der Waals surface area contributed by atoms with Crippen LogP contribution in [0, 0.1) is 11.7 Å². The number of benzene rings is 2. The molecule has 0 spiro atoms. The van der Waals surface area contributed by atoms with Crippen molar-refractivity contribution in [3.8, 4) is 0 Å². The summed E-state index contributed by atoms with van der Waals surface area (Å²) in [4.78, 5) is 40.7. The van der Waals surface area contributed by atoms with E-state index < -0.39 is 41.4 Å². The summed E-state index contributed by atoms with van der Waals surface area (Å²) in [7, 11) is 0. The number of likely N-dealkylation sites (tertiary alicyclic amines) is 1. The summed E-state index contributed by atoms with van der Waals surface area (Å²) in [5, 5.41) is 2.92. The average molecular weight is 471 g/mol. The quantitative estimate of drug-likeness (QED) is 0.634. The first-order valence-electron chi connectivity index (χ1n) is 11.3. The smallest absolute Gasteiger partial charge is 0.411 e. The van der Waals surface area contributed by atoms with Gasteiger partial charge in [0.1, 0.15) is 18.5 Å². The fourth-order valence-corrected chi connectivity index (χ4v) is 4.15. The summed E-state index contributed by atoms with van der Waals surface area (Å²) < 4.78 is 24.9. The van der Waals surface area contributed by atoms with E-state index in [2.05, 4.69) is 5.32 Å². The number of amides is 2. The van der Waals surface area contributed by atoms with E-state index >= 15 is 0 Å². The standard InChI is InChI=1S/C26H31FN2O5/c1-5-33-24(31)21-15-20(23(30)28-26(2,3)4)22(18-12-9-13-19(27)14-18)29(21)25(32)34-16-17-10-7-6-8-11-17/h6-14,20-22H,5,15-16H2,1-4H3,(H,28,30)/t20-,21-,22-/m0/s1. The summed E-state index contributed by atoms with van der Waals surface area (Å²) in [6.45, 7) is 7.29. The molecule has 8 heteroatoms. The molecule has 0 saturated carbocycles. The molecule has 2 amide bonds. The second-order valence-electron chi connectivity index (χ2n) is 9.30. The molecule has 3 rings (SSSR count). The number of nitrogens with zero attached hydrogens (tertiary/aromatic N) is 1. The Kier molecular flexibility index (Phi) is 7.91. The molecular formula is C26H31FN2O5. The number of esters is 1. The van der Waals surface area contributed by atoms with Crippen molar-refractivity contribution in [2.45, 2.75) is 58.3 Å². The maximum absolute atomic E-state index is 14.2. The van der Waals surface area contributed by atoms with Gasteiger partial charge in [-0.3, -0.25) is 9.69 Å². The van der Waals surface area contributed by atoms with Crippen molar-refractivity contribution in [1.82, 2.24) is 10.2 Å². The fourth-order valence-electron chi connectivity index (χ4n) is 4.15. The summed E-state index contributed by atoms with van der Waals surface area (Å²) in [6, 6.07) is 12.9. The van der Waals surface area contributed by atoms with Gasteiger partial charge in [0.25, 0.3) is 0 Å². The van der Waals surface area contributed by atoms with Crippen LogP contribution in [0.15, 0.2) is 54.6 Å². The molecule has 182 valence electrons. The van der Waals surface area contributed by atoms with Crippen molar-refractivity contribution < 1.29 is 28.2 Å². The van der Waals surface area contributed by atoms with Crippen LogP contribution in [0.5, 0.6) is 0 Å². The van der Waals surface area contributed by atoms with Crippen LogP contribution in [0.1, 0.15) is 51.3 Å². The number of nitrogens with one attached hydrogen (secondary N) is 1. The highest BCUT2D eigenvalue weighted by atomic mass is 19.1. The topological polar surface area (TPSA) is 84.9 Å². The van der Waals surface area contributed by atoms with Gasteiger partial charge in [0.15, 0.2) is 0 Å². The molecule has 1 saturated heterocycles. The SMILES string of the molecule is CCOC(=O)[C@@H]1C[C@H](C(=O)NC(C)(C)C)[C@H](c2cccc(F)c2)N1C(=O)OCc1ccccc1. The number of halogens is 1. The second-order valence-corrected chi connectivity index (χ2v) is 9.30. The average Bonchev–Trinajstić information content (AvgIpc) is 3.18. The van der Waals surface area contributed by atoms with Crippen molar-refractivity contribution in [3.05, 3.63) is 71.5 Å². The van der Waals surface area contributed by atoms with Crippen molar-refractivity contribution in [2.75, 3.05) is 6.61 Å². The monoisotopic (exact) mass is 470 g/mol. The highest BCUT2D eigenvalue weighted by Crippen LogP contribution is 2.42. The number of hydrogen-bond donors (Lipinski definition) is 1. The van der Waals surface area contributed by atoms with Gasteiger partial charge in [-0.25, -0.2) is 14.0 Å². The Morgan fingerprint density at radius 3 is 2.38 bits per heavy atom. The van der Waals surface area contributed by atoms with Crippen molar-refractivity contribution in [3.63, 3.8) is 0 Å². The van der Waals surface area contributed by atoms with Crippen molar-refractivity contribution in [2.24, 2.45) is 5.92 Å². The van der Waals surface area contributed by atoms with E-state index in [9.17, 15) is 18.8 Å². The third-order valence-electron chi connectivity index (χ3n) is 5.49. The molecule has 0 unspecified atom stereocenters. The second kappa shape index (κ2) is 10.7. The highest BCUT2D eigenvalue weighted by molar-refractivity contribution is 5.88. The van der Waals surface area contributed by atoms with Crippen LogP contribution in [0.4, 0.5) is 9.18 Å². The van der Waals surface area contributed by atoms with Gasteiger partial charge in [0.2, 0.25) is 5.91 Å². The van der Waals surface area contributed by atoms with E-state index in [0.29, 0.717) is 5.56 Å². The Bertz CT molecular complexity index is 1020. The molecule has 1 N–H and O–H groups in total. The molecule has 34 heavy (non-hydrogen) atoms. The number of rotatable bonds is 6. The Morgan fingerprint density at radius 1 is 1.06 bits per heavy atom. The molecule has 2 aromatic carbocycles. The predicted molar refractivity (Wildman–Crippen MR) is 124 cm³/mol. The first kappa shape index (κ1) is 25.2. The van der Waals surface area contributed by atoms with Gasteiger partial charge in [-0.05, 0) is 57.4 Å². The lowest BCUT2D eigenvalue weighted by molar-refractivity contribution is -0.148. The minimum atomic E-state index is -1.05. The third kappa shape index (κ3) is 6.12. The normalized spacial score (nSPS) is 20.0. The van der Waals surface area contributed by atoms with Crippen LogP contribution < -0.4 is 5.32 Å². The van der Waals surface area contributed by atoms with Crippen molar-refractivity contribution in [1.29, 1.82) is 0 Å². The minimum absolute atomic E-state index is 0.0134. The first-order chi connectivity index (χ1) is 16.1. The molecule has 1 heterocycles. The van der Waals surface area contributed by atoms with Gasteiger partial charge < -0.3 is 14.8 Å². The molecule has 0 aromatic heterocycles. The van der Waals surface area contributed by atoms with Gasteiger partial charge in [0, 0.05) is 5.54 Å². The Hall–Kier alpha value is -3.42. The number of ether oxygens (including phenoxy) is 2. The fraction of sp³-hybridized carbons (Fsp3) is 0.423. The van der Waals surface area contributed by atoms with Gasteiger partial charge in [-0.15, -0.1) is 0 Å². The summed E-state index contributed by atoms with van der Waals surface area (Å²) in [5.74, 6) is -2.29. The Morgan fingerprint density at radius 2 is 1.76 bits per heavy atom. The number of hydrogen-bond acceptors (Lipinski definition) is 5. The summed E-state index contributed by atoms with van der Waals surface area (Å²) >= 11 is 0. The van der Waals surface area contributed by atoms with E-state index in [1.807, 2.05) is 51.1 Å². The number of carbonyl (C=O) groups excluding carboxylic acids is 3. The first-order valence-corrected chi connectivity index (χ1v) is 11.3. The van der Waals surface area contributed by atoms with Gasteiger partial charge in [0.05, 0.1) is 18.6 Å². The van der Waals surface area contributed by atoms with E-state index in [-0.39, 0.29) is 25.5 Å². The largest absolute Gasteiger partial charge is 0.464 e. The van der Waals surface area contributed by atoms with E-state index in [4.69, 9.17) is 9.47 Å². The van der Waals surface area contributed by atoms with Crippen LogP contribution >= 0.6 is 0 Å². The van der Waals surface area contributed by atoms with Crippen molar-refractivity contribution >= 4 is 18.0 Å². The lowest BCUT2D eigenvalue weighted by atomic mass is 9.91. The third-order valence-corrected chi connectivity index (χ3v) is 5.49. The van der Waals surface area contributed by atoms with Gasteiger partial charge >= 0.3 is 12.1 Å². The molecule has 1 fully saturated rings. The molecule has 0 aliphatic carbocycles. The molecule has 0 bridgehead atoms. The Labute approximate surface area is 199 Å².